The van der Waals surface area contributed by atoms with Crippen LogP contribution in [0.3, 0.4) is 0 Å². The lowest BCUT2D eigenvalue weighted by Gasteiger charge is -2.22. The van der Waals surface area contributed by atoms with Crippen molar-refractivity contribution in [3.05, 3.63) is 98.4 Å². The maximum Gasteiger partial charge on any atom is 0.250 e. The molecule has 1 atom stereocenters. The Balaban J connectivity index is 1.69. The molecule has 164 valence electrons. The molecule has 2 heterocycles. The lowest BCUT2D eigenvalue weighted by Crippen LogP contribution is -2.23. The first-order chi connectivity index (χ1) is 15.3. The first-order valence-corrected chi connectivity index (χ1v) is 11.1. The maximum atomic E-state index is 13.2. The molecule has 0 N–H and O–H groups in total. The number of aryl methyl sites for hydroxylation is 2. The van der Waals surface area contributed by atoms with Crippen molar-refractivity contribution in [2.24, 2.45) is 7.05 Å². The zero-order valence-electron chi connectivity index (χ0n) is 18.2. The molecule has 0 radical (unpaired) electrons. The molecule has 0 aliphatic carbocycles. The molecule has 1 saturated heterocycles. The zero-order valence-corrected chi connectivity index (χ0v) is 18.9. The standard InChI is InChI=1S/C26H25ClN2O3/c1-17-14-20(27)8-11-22(17)23(15-24(30)19-7-12-25(31)28(2)16-19)18-5-9-21(10-6-18)29-13-3-4-26(29)32/h5-12,14,16,23H,3-4,13,15H2,1-2H3. The minimum Gasteiger partial charge on any atom is -0.318 e. The van der Waals surface area contributed by atoms with E-state index in [0.717, 1.165) is 35.3 Å². The third kappa shape index (κ3) is 4.53. The van der Waals surface area contributed by atoms with Crippen molar-refractivity contribution in [1.29, 1.82) is 0 Å². The first kappa shape index (κ1) is 22.0. The minimum atomic E-state index is -0.180. The molecule has 32 heavy (non-hydrogen) atoms. The van der Waals surface area contributed by atoms with Crippen LogP contribution in [-0.4, -0.2) is 22.8 Å². The Hall–Kier alpha value is -3.18. The summed E-state index contributed by atoms with van der Waals surface area (Å²) in [5.74, 6) is -0.0770. The smallest absolute Gasteiger partial charge is 0.250 e. The number of Topliss-reactive ketones (excluding diaryl/α,β-unsaturated/α-hetero) is 1. The molecule has 0 saturated carbocycles. The molecule has 1 amide bonds. The highest BCUT2D eigenvalue weighted by Gasteiger charge is 2.24. The Morgan fingerprint density at radius 3 is 2.44 bits per heavy atom. The third-order valence-corrected chi connectivity index (χ3v) is 6.32. The number of carbonyl (C=O) groups is 2. The Kier molecular flexibility index (Phi) is 6.28. The van der Waals surface area contributed by atoms with Crippen molar-refractivity contribution in [2.45, 2.75) is 32.1 Å². The highest BCUT2D eigenvalue weighted by atomic mass is 35.5. The van der Waals surface area contributed by atoms with E-state index in [2.05, 4.69) is 0 Å². The van der Waals surface area contributed by atoms with Crippen LogP contribution >= 0.6 is 11.6 Å². The van der Waals surface area contributed by atoms with E-state index in [-0.39, 0.29) is 29.6 Å². The summed E-state index contributed by atoms with van der Waals surface area (Å²) in [4.78, 5) is 38.8. The van der Waals surface area contributed by atoms with Gasteiger partial charge in [0.05, 0.1) is 0 Å². The second kappa shape index (κ2) is 9.13. The molecule has 6 heteroatoms. The number of ketones is 1. The van der Waals surface area contributed by atoms with Gasteiger partial charge in [-0.15, -0.1) is 0 Å². The van der Waals surface area contributed by atoms with Crippen LogP contribution in [0.4, 0.5) is 5.69 Å². The van der Waals surface area contributed by atoms with Crippen LogP contribution in [-0.2, 0) is 11.8 Å². The molecule has 1 unspecified atom stereocenters. The topological polar surface area (TPSA) is 59.4 Å². The van der Waals surface area contributed by atoms with Crippen LogP contribution in [0.15, 0.2) is 65.6 Å². The summed E-state index contributed by atoms with van der Waals surface area (Å²) in [7, 11) is 1.64. The first-order valence-electron chi connectivity index (χ1n) is 10.7. The highest BCUT2D eigenvalue weighted by molar-refractivity contribution is 6.30. The Morgan fingerprint density at radius 2 is 1.81 bits per heavy atom. The van der Waals surface area contributed by atoms with Gasteiger partial charge in [0, 0.05) is 60.9 Å². The van der Waals surface area contributed by atoms with E-state index >= 15 is 0 Å². The van der Waals surface area contributed by atoms with Crippen LogP contribution in [0.25, 0.3) is 0 Å². The van der Waals surface area contributed by atoms with E-state index in [1.807, 2.05) is 54.3 Å². The number of carbonyl (C=O) groups excluding carboxylic acids is 2. The summed E-state index contributed by atoms with van der Waals surface area (Å²) in [6.45, 7) is 2.73. The lowest BCUT2D eigenvalue weighted by molar-refractivity contribution is -0.117. The van der Waals surface area contributed by atoms with Gasteiger partial charge < -0.3 is 9.47 Å². The van der Waals surface area contributed by atoms with Gasteiger partial charge in [0.1, 0.15) is 0 Å². The second-order valence-corrected chi connectivity index (χ2v) is 8.72. The quantitative estimate of drug-likeness (QED) is 0.505. The fourth-order valence-electron chi connectivity index (χ4n) is 4.31. The number of hydrogen-bond acceptors (Lipinski definition) is 3. The molecule has 1 fully saturated rings. The van der Waals surface area contributed by atoms with Crippen LogP contribution in [0, 0.1) is 6.92 Å². The molecule has 4 rings (SSSR count). The average Bonchev–Trinajstić information content (AvgIpc) is 3.20. The van der Waals surface area contributed by atoms with Gasteiger partial charge in [0.15, 0.2) is 5.78 Å². The van der Waals surface area contributed by atoms with Gasteiger partial charge in [-0.1, -0.05) is 29.8 Å². The monoisotopic (exact) mass is 448 g/mol. The van der Waals surface area contributed by atoms with Gasteiger partial charge in [0.2, 0.25) is 11.5 Å². The van der Waals surface area contributed by atoms with Gasteiger partial charge in [-0.2, -0.15) is 0 Å². The van der Waals surface area contributed by atoms with Crippen molar-refractivity contribution >= 4 is 29.0 Å². The highest BCUT2D eigenvalue weighted by Crippen LogP contribution is 2.34. The number of pyridine rings is 1. The van der Waals surface area contributed by atoms with Crippen LogP contribution in [0.5, 0.6) is 0 Å². The van der Waals surface area contributed by atoms with Crippen LogP contribution in [0.1, 0.15) is 52.2 Å². The average molecular weight is 449 g/mol. The Labute approximate surface area is 192 Å². The fourth-order valence-corrected chi connectivity index (χ4v) is 4.53. The zero-order chi connectivity index (χ0) is 22.8. The van der Waals surface area contributed by atoms with E-state index in [1.54, 1.807) is 19.3 Å². The molecular formula is C26H25ClN2O3. The lowest BCUT2D eigenvalue weighted by atomic mass is 9.84. The number of anilines is 1. The molecule has 1 aromatic heterocycles. The summed E-state index contributed by atoms with van der Waals surface area (Å²) < 4.78 is 1.41. The van der Waals surface area contributed by atoms with Crippen molar-refractivity contribution in [2.75, 3.05) is 11.4 Å². The van der Waals surface area contributed by atoms with Gasteiger partial charge in [-0.25, -0.2) is 0 Å². The fraction of sp³-hybridized carbons (Fsp3) is 0.269. The molecule has 2 aromatic carbocycles. The number of benzene rings is 2. The number of nitrogens with zero attached hydrogens (tertiary/aromatic N) is 2. The van der Waals surface area contributed by atoms with Crippen molar-refractivity contribution in [3.8, 4) is 0 Å². The summed E-state index contributed by atoms with van der Waals surface area (Å²) in [6.07, 6.45) is 3.30. The van der Waals surface area contributed by atoms with E-state index < -0.39 is 0 Å². The molecule has 5 nitrogen and oxygen atoms in total. The normalized spacial score (nSPS) is 14.6. The number of rotatable bonds is 6. The molecule has 0 spiro atoms. The van der Waals surface area contributed by atoms with E-state index in [9.17, 15) is 14.4 Å². The largest absolute Gasteiger partial charge is 0.318 e. The summed E-state index contributed by atoms with van der Waals surface area (Å²) in [6, 6.07) is 16.6. The maximum absolute atomic E-state index is 13.2. The SMILES string of the molecule is Cc1cc(Cl)ccc1C(CC(=O)c1ccc(=O)n(C)c1)c1ccc(N2CCCC2=O)cc1. The summed E-state index contributed by atoms with van der Waals surface area (Å²) >= 11 is 6.17. The molecule has 1 aliphatic heterocycles. The number of halogens is 1. The summed E-state index contributed by atoms with van der Waals surface area (Å²) in [5, 5.41) is 0.650. The van der Waals surface area contributed by atoms with E-state index in [1.165, 1.54) is 10.6 Å². The van der Waals surface area contributed by atoms with Crippen LogP contribution in [0.2, 0.25) is 5.02 Å². The van der Waals surface area contributed by atoms with Gasteiger partial charge in [0.25, 0.3) is 0 Å². The van der Waals surface area contributed by atoms with E-state index in [4.69, 9.17) is 11.6 Å². The molecule has 3 aromatic rings. The predicted octanol–water partition coefficient (Wildman–Crippen LogP) is 4.88. The molecule has 1 aliphatic rings. The van der Waals surface area contributed by atoms with Crippen molar-refractivity contribution in [3.63, 3.8) is 0 Å². The Morgan fingerprint density at radius 1 is 1.06 bits per heavy atom. The summed E-state index contributed by atoms with van der Waals surface area (Å²) in [5.41, 5.74) is 4.25. The third-order valence-electron chi connectivity index (χ3n) is 6.09. The van der Waals surface area contributed by atoms with Crippen LogP contribution < -0.4 is 10.5 Å². The second-order valence-electron chi connectivity index (χ2n) is 8.29. The molecule has 0 bridgehead atoms. The number of amides is 1. The van der Waals surface area contributed by atoms with E-state index in [0.29, 0.717) is 17.0 Å². The predicted molar refractivity (Wildman–Crippen MR) is 127 cm³/mol. The van der Waals surface area contributed by atoms with Crippen molar-refractivity contribution < 1.29 is 9.59 Å². The van der Waals surface area contributed by atoms with Gasteiger partial charge in [-0.3, -0.25) is 14.4 Å². The Bertz CT molecular complexity index is 1230. The van der Waals surface area contributed by atoms with Gasteiger partial charge >= 0.3 is 0 Å². The number of hydrogen-bond donors (Lipinski definition) is 0. The van der Waals surface area contributed by atoms with Crippen molar-refractivity contribution in [1.82, 2.24) is 4.57 Å². The number of aromatic nitrogens is 1. The van der Waals surface area contributed by atoms with Gasteiger partial charge in [-0.05, 0) is 60.4 Å². The minimum absolute atomic E-state index is 0.0428. The molecular weight excluding hydrogens is 424 g/mol.